The molecule has 7 heteroatoms. The molecule has 1 aromatic carbocycles. The number of nitrogens with zero attached hydrogens (tertiary/aromatic N) is 6. The number of aromatic amines is 1. The number of pyridine rings is 1. The fraction of sp³-hybridized carbons (Fsp3) is 0.111. The van der Waals surface area contributed by atoms with Crippen LogP contribution in [0.4, 0.5) is 0 Å². The van der Waals surface area contributed by atoms with Crippen LogP contribution in [0.15, 0.2) is 55.0 Å². The third kappa shape index (κ3) is 2.13. The lowest BCUT2D eigenvalue weighted by Crippen LogP contribution is -1.96. The first-order chi connectivity index (χ1) is 12.3. The molecule has 122 valence electrons. The quantitative estimate of drug-likeness (QED) is 0.551. The van der Waals surface area contributed by atoms with Crippen molar-refractivity contribution in [2.45, 2.75) is 13.5 Å². The average Bonchev–Trinajstić information content (AvgIpc) is 3.37. The SMILES string of the molecule is CCn1nc(-c2cnn(-c3nc4ccccc4[nH]3)c2)c2ncccc21. The zero-order chi connectivity index (χ0) is 16.8. The number of H-pyrrole nitrogens is 1. The molecular formula is C18H15N7. The summed E-state index contributed by atoms with van der Waals surface area (Å²) in [4.78, 5) is 12.4. The number of para-hydroxylation sites is 2. The third-order valence-electron chi connectivity index (χ3n) is 4.26. The minimum absolute atomic E-state index is 0.680. The first-order valence-corrected chi connectivity index (χ1v) is 8.15. The van der Waals surface area contributed by atoms with Gasteiger partial charge >= 0.3 is 0 Å². The van der Waals surface area contributed by atoms with Gasteiger partial charge in [0, 0.05) is 24.5 Å². The summed E-state index contributed by atoms with van der Waals surface area (Å²) < 4.78 is 3.69. The van der Waals surface area contributed by atoms with E-state index in [0.717, 1.165) is 39.9 Å². The highest BCUT2D eigenvalue weighted by Gasteiger charge is 2.15. The summed E-state index contributed by atoms with van der Waals surface area (Å²) >= 11 is 0. The van der Waals surface area contributed by atoms with Crippen molar-refractivity contribution in [3.8, 4) is 17.2 Å². The highest BCUT2D eigenvalue weighted by atomic mass is 15.3. The molecule has 0 amide bonds. The van der Waals surface area contributed by atoms with Crippen molar-refractivity contribution in [1.29, 1.82) is 0 Å². The Balaban J connectivity index is 1.63. The molecule has 0 spiro atoms. The van der Waals surface area contributed by atoms with Crippen molar-refractivity contribution in [1.82, 2.24) is 34.5 Å². The highest BCUT2D eigenvalue weighted by Crippen LogP contribution is 2.26. The van der Waals surface area contributed by atoms with Crippen LogP contribution in [0.1, 0.15) is 6.92 Å². The summed E-state index contributed by atoms with van der Waals surface area (Å²) in [5, 5.41) is 9.14. The maximum absolute atomic E-state index is 4.70. The van der Waals surface area contributed by atoms with Crippen LogP contribution in [-0.2, 0) is 6.54 Å². The molecule has 0 saturated heterocycles. The van der Waals surface area contributed by atoms with Gasteiger partial charge in [-0.05, 0) is 31.2 Å². The maximum atomic E-state index is 4.70. The van der Waals surface area contributed by atoms with Crippen molar-refractivity contribution in [2.24, 2.45) is 0 Å². The zero-order valence-corrected chi connectivity index (χ0v) is 13.6. The Bertz CT molecular complexity index is 1160. The van der Waals surface area contributed by atoms with Gasteiger partial charge in [0.1, 0.15) is 11.2 Å². The molecule has 1 N–H and O–H groups in total. The topological polar surface area (TPSA) is 77.2 Å². The Labute approximate surface area is 143 Å². The zero-order valence-electron chi connectivity index (χ0n) is 13.6. The van der Waals surface area contributed by atoms with E-state index in [2.05, 4.69) is 27.0 Å². The number of aryl methyl sites for hydroxylation is 1. The van der Waals surface area contributed by atoms with Gasteiger partial charge in [0.2, 0.25) is 5.95 Å². The molecule has 0 bridgehead atoms. The Hall–Kier alpha value is -3.48. The van der Waals surface area contributed by atoms with Gasteiger partial charge in [-0.1, -0.05) is 12.1 Å². The molecule has 0 radical (unpaired) electrons. The van der Waals surface area contributed by atoms with E-state index in [1.165, 1.54) is 0 Å². The summed E-state index contributed by atoms with van der Waals surface area (Å²) in [6.45, 7) is 2.86. The van der Waals surface area contributed by atoms with E-state index in [-0.39, 0.29) is 0 Å². The van der Waals surface area contributed by atoms with Crippen LogP contribution in [0.5, 0.6) is 0 Å². The smallest absolute Gasteiger partial charge is 0.229 e. The number of imidazole rings is 1. The number of hydrogen-bond acceptors (Lipinski definition) is 4. The molecule has 0 saturated carbocycles. The van der Waals surface area contributed by atoms with Gasteiger partial charge in [-0.15, -0.1) is 0 Å². The first kappa shape index (κ1) is 13.9. The number of hydrogen-bond donors (Lipinski definition) is 1. The molecule has 0 aliphatic rings. The van der Waals surface area contributed by atoms with Crippen LogP contribution < -0.4 is 0 Å². The molecule has 25 heavy (non-hydrogen) atoms. The summed E-state index contributed by atoms with van der Waals surface area (Å²) in [6.07, 6.45) is 5.51. The Morgan fingerprint density at radius 1 is 1.12 bits per heavy atom. The molecular weight excluding hydrogens is 314 g/mol. The van der Waals surface area contributed by atoms with Crippen molar-refractivity contribution < 1.29 is 0 Å². The molecule has 0 fully saturated rings. The van der Waals surface area contributed by atoms with E-state index in [0.29, 0.717) is 5.95 Å². The fourth-order valence-corrected chi connectivity index (χ4v) is 3.05. The third-order valence-corrected chi connectivity index (χ3v) is 4.26. The van der Waals surface area contributed by atoms with Crippen LogP contribution in [0.2, 0.25) is 0 Å². The fourth-order valence-electron chi connectivity index (χ4n) is 3.05. The van der Waals surface area contributed by atoms with E-state index in [4.69, 9.17) is 5.10 Å². The van der Waals surface area contributed by atoms with Gasteiger partial charge in [0.05, 0.1) is 22.7 Å². The summed E-state index contributed by atoms with van der Waals surface area (Å²) in [5.74, 6) is 0.680. The van der Waals surface area contributed by atoms with Gasteiger partial charge in [-0.25, -0.2) is 9.67 Å². The molecule has 5 aromatic rings. The van der Waals surface area contributed by atoms with E-state index < -0.39 is 0 Å². The molecule has 7 nitrogen and oxygen atoms in total. The molecule has 0 aliphatic carbocycles. The van der Waals surface area contributed by atoms with Gasteiger partial charge < -0.3 is 4.98 Å². The Morgan fingerprint density at radius 3 is 2.92 bits per heavy atom. The lowest BCUT2D eigenvalue weighted by molar-refractivity contribution is 0.686. The van der Waals surface area contributed by atoms with Crippen LogP contribution >= 0.6 is 0 Å². The van der Waals surface area contributed by atoms with E-state index in [1.807, 2.05) is 47.3 Å². The Kier molecular flexibility index (Phi) is 2.93. The van der Waals surface area contributed by atoms with Crippen LogP contribution in [0.3, 0.4) is 0 Å². The molecule has 4 aromatic heterocycles. The minimum Gasteiger partial charge on any atom is -0.322 e. The van der Waals surface area contributed by atoms with Crippen molar-refractivity contribution in [3.05, 3.63) is 55.0 Å². The highest BCUT2D eigenvalue weighted by molar-refractivity contribution is 5.89. The summed E-state index contributed by atoms with van der Waals surface area (Å²) in [5.41, 5.74) is 5.55. The number of fused-ring (bicyclic) bond motifs is 2. The van der Waals surface area contributed by atoms with Gasteiger partial charge in [-0.3, -0.25) is 9.67 Å². The van der Waals surface area contributed by atoms with E-state index >= 15 is 0 Å². The normalized spacial score (nSPS) is 11.6. The lowest BCUT2D eigenvalue weighted by atomic mass is 10.2. The molecule has 0 atom stereocenters. The van der Waals surface area contributed by atoms with Gasteiger partial charge in [-0.2, -0.15) is 10.2 Å². The lowest BCUT2D eigenvalue weighted by Gasteiger charge is -1.95. The maximum Gasteiger partial charge on any atom is 0.229 e. The van der Waals surface area contributed by atoms with Crippen molar-refractivity contribution >= 4 is 22.1 Å². The summed E-state index contributed by atoms with van der Waals surface area (Å²) in [7, 11) is 0. The van der Waals surface area contributed by atoms with Crippen LogP contribution in [-0.4, -0.2) is 34.5 Å². The van der Waals surface area contributed by atoms with E-state index in [9.17, 15) is 0 Å². The molecule has 5 rings (SSSR count). The number of benzene rings is 1. The number of nitrogens with one attached hydrogen (secondary N) is 1. The van der Waals surface area contributed by atoms with Crippen LogP contribution in [0.25, 0.3) is 39.3 Å². The monoisotopic (exact) mass is 329 g/mol. The average molecular weight is 329 g/mol. The number of aromatic nitrogens is 7. The molecule has 0 unspecified atom stereocenters. The van der Waals surface area contributed by atoms with Gasteiger partial charge in [0.25, 0.3) is 0 Å². The van der Waals surface area contributed by atoms with Crippen molar-refractivity contribution in [3.63, 3.8) is 0 Å². The predicted octanol–water partition coefficient (Wildman–Crippen LogP) is 3.18. The van der Waals surface area contributed by atoms with Crippen molar-refractivity contribution in [2.75, 3.05) is 0 Å². The van der Waals surface area contributed by atoms with E-state index in [1.54, 1.807) is 17.1 Å². The minimum atomic E-state index is 0.680. The second-order valence-electron chi connectivity index (χ2n) is 5.79. The molecule has 4 heterocycles. The second-order valence-corrected chi connectivity index (χ2v) is 5.79. The second kappa shape index (κ2) is 5.27. The van der Waals surface area contributed by atoms with Gasteiger partial charge in [0.15, 0.2) is 0 Å². The van der Waals surface area contributed by atoms with Crippen LogP contribution in [0, 0.1) is 0 Å². The first-order valence-electron chi connectivity index (χ1n) is 8.15. The summed E-state index contributed by atoms with van der Waals surface area (Å²) in [6, 6.07) is 11.9. The number of rotatable bonds is 3. The Morgan fingerprint density at radius 2 is 2.04 bits per heavy atom. The molecule has 0 aliphatic heterocycles. The standard InChI is InChI=1S/C18H15N7/c1-2-24-15-8-5-9-19-17(15)16(23-24)12-10-20-25(11-12)18-21-13-6-3-4-7-14(13)22-18/h3-11H,2H2,1H3,(H,21,22). The largest absolute Gasteiger partial charge is 0.322 e. The predicted molar refractivity (Wildman–Crippen MR) is 95.4 cm³/mol.